The number of fused-ring (bicyclic) bond motifs is 3. The van der Waals surface area contributed by atoms with E-state index < -0.39 is 13.3 Å². The number of rotatable bonds is 6. The van der Waals surface area contributed by atoms with Gasteiger partial charge < -0.3 is 0 Å². The normalized spacial score (nSPS) is 11.9. The van der Waals surface area contributed by atoms with Crippen LogP contribution < -0.4 is 9.13 Å². The van der Waals surface area contributed by atoms with Gasteiger partial charge in [-0.3, -0.25) is 0 Å². The molecule has 4 nitrogen and oxygen atoms in total. The van der Waals surface area contributed by atoms with Crippen LogP contribution in [-0.2, 0) is 26.5 Å². The second-order valence-electron chi connectivity index (χ2n) is 13.9. The summed E-state index contributed by atoms with van der Waals surface area (Å²) in [6.07, 6.45) is 3.73. The van der Waals surface area contributed by atoms with Gasteiger partial charge in [-0.05, 0) is 0 Å². The van der Waals surface area contributed by atoms with Crippen molar-refractivity contribution in [3.05, 3.63) is 133 Å². The smallest absolute Gasteiger partial charge is 2.00 e. The summed E-state index contributed by atoms with van der Waals surface area (Å²) in [5.74, 6) is 9.34. The molecule has 236 valence electrons. The number of nitrogens with zero attached hydrogens (tertiary/aromatic N) is 3. The predicted octanol–water partition coefficient (Wildman–Crippen LogP) is 10.1. The van der Waals surface area contributed by atoms with E-state index >= 15 is 0 Å². The van der Waals surface area contributed by atoms with E-state index in [-0.39, 0.29) is 26.5 Å². The molecule has 0 aliphatic carbocycles. The van der Waals surface area contributed by atoms with E-state index in [1.165, 1.54) is 21.1 Å². The molecule has 47 heavy (non-hydrogen) atoms. The zero-order valence-electron chi connectivity index (χ0n) is 27.5. The van der Waals surface area contributed by atoms with Crippen LogP contribution in [0, 0.1) is 12.1 Å². The monoisotopic (exact) mass is 856 g/mol. The molecule has 0 N–H and O–H groups in total. The van der Waals surface area contributed by atoms with Gasteiger partial charge in [0.15, 0.2) is 0 Å². The van der Waals surface area contributed by atoms with Crippen molar-refractivity contribution in [3.8, 4) is 39.7 Å². The van der Waals surface area contributed by atoms with Gasteiger partial charge in [-0.1, -0.05) is 51.1 Å². The van der Waals surface area contributed by atoms with Crippen LogP contribution in [0.5, 0.6) is 11.5 Å². The molecular weight excluding hydrogens is 818 g/mol. The zero-order chi connectivity index (χ0) is 32.1. The van der Waals surface area contributed by atoms with Gasteiger partial charge in [0.2, 0.25) is 0 Å². The second kappa shape index (κ2) is 12.9. The Labute approximate surface area is 294 Å². The topological polar surface area (TPSA) is 39.9 Å². The molecule has 0 bridgehead atoms. The summed E-state index contributed by atoms with van der Waals surface area (Å²) in [4.78, 5) is 9.47. The number of aromatic nitrogens is 3. The second-order valence-corrected chi connectivity index (χ2v) is 24.5. The molecule has 4 aromatic carbocycles. The predicted molar refractivity (Wildman–Crippen MR) is 193 cm³/mol. The molecule has 0 spiro atoms. The fourth-order valence-electron chi connectivity index (χ4n) is 5.85. The van der Waals surface area contributed by atoms with Crippen LogP contribution in [0.2, 0.25) is 17.3 Å². The van der Waals surface area contributed by atoms with E-state index in [9.17, 15) is 0 Å². The van der Waals surface area contributed by atoms with E-state index in [0.29, 0.717) is 11.5 Å². The third-order valence-corrected chi connectivity index (χ3v) is 12.7. The Kier molecular flexibility index (Phi) is 9.04. The van der Waals surface area contributed by atoms with Gasteiger partial charge in [-0.15, -0.1) is 0 Å². The van der Waals surface area contributed by atoms with Crippen LogP contribution >= 0.6 is 0 Å². The maximum atomic E-state index is 6.60. The van der Waals surface area contributed by atoms with Gasteiger partial charge in [0.1, 0.15) is 0 Å². The fourth-order valence-corrected chi connectivity index (χ4v) is 8.24. The van der Waals surface area contributed by atoms with Crippen LogP contribution in [-0.4, -0.2) is 27.8 Å². The first-order valence-electron chi connectivity index (χ1n) is 15.7. The Hall–Kier alpha value is -3.99. The fraction of sp³-hybridized carbons (Fsp3) is 0.171. The van der Waals surface area contributed by atoms with E-state index in [2.05, 4.69) is 139 Å². The van der Waals surface area contributed by atoms with Gasteiger partial charge in [-0.2, -0.15) is 0 Å². The number of ether oxygens (including phenoxy) is 1. The molecule has 0 atom stereocenters. The van der Waals surface area contributed by atoms with Crippen LogP contribution in [0.4, 0.5) is 0 Å². The standard InChI is InChI=1S/C41H37GeN3O.Pt/c1-41(2,3)31-19-21-44-40(25-31)45-38-18-15-29(28-12-8-7-9-13-28)24-36(38)35-17-16-33(27-39(35)45)46-34-23-30(37-14-10-11-20-43-37)22-32(26-34)42(4,5)6;/h7-22,24-26H,1-6H3;/q-2;+2. The Morgan fingerprint density at radius 2 is 1.47 bits per heavy atom. The minimum absolute atomic E-state index is 0. The Morgan fingerprint density at radius 3 is 2.19 bits per heavy atom. The average molecular weight is 855 g/mol. The minimum atomic E-state index is -2.22. The molecule has 6 heteroatoms. The van der Waals surface area contributed by atoms with E-state index in [0.717, 1.165) is 38.9 Å². The third kappa shape index (κ3) is 6.72. The van der Waals surface area contributed by atoms with Crippen molar-refractivity contribution in [2.24, 2.45) is 0 Å². The molecule has 0 amide bonds. The average Bonchev–Trinajstić information content (AvgIpc) is 3.37. The molecule has 0 unspecified atom stereocenters. The first-order valence-corrected chi connectivity index (χ1v) is 23.1. The zero-order valence-corrected chi connectivity index (χ0v) is 31.9. The van der Waals surface area contributed by atoms with E-state index in [4.69, 9.17) is 9.72 Å². The third-order valence-electron chi connectivity index (χ3n) is 8.47. The molecular formula is C41H37GeN3OPt. The van der Waals surface area contributed by atoms with Crippen molar-refractivity contribution >= 4 is 39.5 Å². The van der Waals surface area contributed by atoms with Gasteiger partial charge in [0.05, 0.1) is 0 Å². The number of benzene rings is 4. The summed E-state index contributed by atoms with van der Waals surface area (Å²) in [7, 11) is 0. The summed E-state index contributed by atoms with van der Waals surface area (Å²) < 4.78 is 10.1. The minimum Gasteiger partial charge on any atom is 2.00 e. The maximum Gasteiger partial charge on any atom is 2.00 e. The van der Waals surface area contributed by atoms with Crippen molar-refractivity contribution in [2.75, 3.05) is 0 Å². The summed E-state index contributed by atoms with van der Waals surface area (Å²) in [6.45, 7) is 6.69. The number of pyridine rings is 2. The largest absolute Gasteiger partial charge is 2.00 e. The first kappa shape index (κ1) is 32.9. The number of hydrogen-bond donors (Lipinski definition) is 0. The van der Waals surface area contributed by atoms with Gasteiger partial charge in [-0.25, -0.2) is 0 Å². The first-order chi connectivity index (χ1) is 22.0. The Morgan fingerprint density at radius 1 is 0.681 bits per heavy atom. The van der Waals surface area contributed by atoms with Gasteiger partial charge >= 0.3 is 245 Å². The van der Waals surface area contributed by atoms with Crippen LogP contribution in [0.25, 0.3) is 50.0 Å². The molecule has 7 aromatic rings. The summed E-state index contributed by atoms with van der Waals surface area (Å²) in [5.41, 5.74) is 7.40. The molecule has 0 saturated heterocycles. The van der Waals surface area contributed by atoms with Crippen molar-refractivity contribution < 1.29 is 25.8 Å². The molecule has 3 aromatic heterocycles. The summed E-state index contributed by atoms with van der Waals surface area (Å²) in [6, 6.07) is 43.1. The molecule has 7 rings (SSSR count). The van der Waals surface area contributed by atoms with Crippen molar-refractivity contribution in [3.63, 3.8) is 0 Å². The molecule has 0 radical (unpaired) electrons. The number of hydrogen-bond acceptors (Lipinski definition) is 3. The van der Waals surface area contributed by atoms with Crippen molar-refractivity contribution in [1.29, 1.82) is 0 Å². The van der Waals surface area contributed by atoms with Gasteiger partial charge in [0.25, 0.3) is 0 Å². The molecule has 0 aliphatic rings. The molecule has 0 saturated carbocycles. The van der Waals surface area contributed by atoms with Crippen LogP contribution in [0.1, 0.15) is 26.3 Å². The van der Waals surface area contributed by atoms with E-state index in [1.54, 1.807) is 0 Å². The summed E-state index contributed by atoms with van der Waals surface area (Å²) >= 11 is -2.22. The molecule has 3 heterocycles. The van der Waals surface area contributed by atoms with Gasteiger partial charge in [0, 0.05) is 0 Å². The van der Waals surface area contributed by atoms with Crippen molar-refractivity contribution in [2.45, 2.75) is 43.5 Å². The molecule has 0 fully saturated rings. The quantitative estimate of drug-likeness (QED) is 0.124. The van der Waals surface area contributed by atoms with Crippen LogP contribution in [0.3, 0.4) is 0 Å². The van der Waals surface area contributed by atoms with Crippen molar-refractivity contribution in [1.82, 2.24) is 14.5 Å². The van der Waals surface area contributed by atoms with Crippen LogP contribution in [0.15, 0.2) is 116 Å². The van der Waals surface area contributed by atoms with E-state index in [1.807, 2.05) is 36.7 Å². The summed E-state index contributed by atoms with van der Waals surface area (Å²) in [5, 5.41) is 2.24. The molecule has 0 aliphatic heterocycles. The maximum absolute atomic E-state index is 6.60. The SMILES string of the molecule is CC(C)(C)c1ccnc(-n2c3[c-]c(Oc4[c-]c(-c5ccccn5)c[c]([Ge]([CH3])([CH3])[CH3])c4)ccc3c3cc(-c4ccccc4)ccc32)c1.[Pt+2]. The Balaban J connectivity index is 0.00000386. The Bertz CT molecular complexity index is 2200.